The minimum Gasteiger partial charge on any atom is -0.484 e. The maximum Gasteiger partial charge on any atom is 0.230 e. The van der Waals surface area contributed by atoms with E-state index in [4.69, 9.17) is 16.3 Å². The summed E-state index contributed by atoms with van der Waals surface area (Å²) in [6.07, 6.45) is 0. The Balaban J connectivity index is 1.31. The van der Waals surface area contributed by atoms with Crippen molar-refractivity contribution in [2.45, 2.75) is 24.7 Å². The predicted octanol–water partition coefficient (Wildman–Crippen LogP) is 5.17. The molecule has 1 aromatic heterocycles. The third kappa shape index (κ3) is 5.23. The van der Waals surface area contributed by atoms with Crippen molar-refractivity contribution in [3.05, 3.63) is 83.1 Å². The Hall–Kier alpha value is -3.03. The van der Waals surface area contributed by atoms with Gasteiger partial charge in [0, 0.05) is 7.05 Å². The van der Waals surface area contributed by atoms with E-state index in [1.54, 1.807) is 12.1 Å². The first-order chi connectivity index (χ1) is 15.5. The monoisotopic (exact) mass is 466 g/mol. The number of benzene rings is 3. The van der Waals surface area contributed by atoms with Crippen molar-refractivity contribution >= 4 is 40.0 Å². The maximum absolute atomic E-state index is 12.5. The summed E-state index contributed by atoms with van der Waals surface area (Å²) in [4.78, 5) is 12.5. The molecular formula is C24H23ClN4O2S. The van der Waals surface area contributed by atoms with E-state index in [2.05, 4.69) is 39.8 Å². The number of hydrogen-bond donors (Lipinski definition) is 1. The summed E-state index contributed by atoms with van der Waals surface area (Å²) >= 11 is 7.45. The lowest BCUT2D eigenvalue weighted by Gasteiger charge is -2.15. The van der Waals surface area contributed by atoms with Crippen LogP contribution in [0.2, 0.25) is 5.02 Å². The average Bonchev–Trinajstić information content (AvgIpc) is 3.16. The molecule has 0 spiro atoms. The highest BCUT2D eigenvalue weighted by Crippen LogP contribution is 2.25. The molecule has 8 heteroatoms. The largest absolute Gasteiger partial charge is 0.484 e. The van der Waals surface area contributed by atoms with E-state index >= 15 is 0 Å². The Morgan fingerprint density at radius 3 is 2.66 bits per heavy atom. The van der Waals surface area contributed by atoms with Gasteiger partial charge in [-0.05, 0) is 41.5 Å². The summed E-state index contributed by atoms with van der Waals surface area (Å²) < 4.78 is 7.55. The fourth-order valence-electron chi connectivity index (χ4n) is 3.27. The van der Waals surface area contributed by atoms with E-state index in [9.17, 15) is 4.79 Å². The van der Waals surface area contributed by atoms with E-state index < -0.39 is 0 Å². The molecule has 1 N–H and O–H groups in total. The molecule has 0 aliphatic carbocycles. The quantitative estimate of drug-likeness (QED) is 0.363. The summed E-state index contributed by atoms with van der Waals surface area (Å²) in [6.45, 7) is 2.22. The standard InChI is InChI=1S/C24H23ClN4O2S/c1-16(18-12-11-17-7-3-4-8-19(17)13-18)26-23(30)15-32-24-28-27-22(29(24)2)14-31-21-10-6-5-9-20(21)25/h3-13,16H,14-15H2,1-2H3,(H,26,30)/t16-/m1/s1. The molecule has 0 saturated heterocycles. The number of halogens is 1. The number of para-hydroxylation sites is 1. The van der Waals surface area contributed by atoms with Gasteiger partial charge in [0.05, 0.1) is 16.8 Å². The van der Waals surface area contributed by atoms with E-state index in [-0.39, 0.29) is 24.3 Å². The van der Waals surface area contributed by atoms with Crippen LogP contribution in [-0.4, -0.2) is 26.4 Å². The van der Waals surface area contributed by atoms with Crippen LogP contribution < -0.4 is 10.1 Å². The molecule has 6 nitrogen and oxygen atoms in total. The highest BCUT2D eigenvalue weighted by atomic mass is 35.5. The number of fused-ring (bicyclic) bond motifs is 1. The molecule has 0 fully saturated rings. The molecule has 32 heavy (non-hydrogen) atoms. The highest BCUT2D eigenvalue weighted by molar-refractivity contribution is 7.99. The number of thioether (sulfide) groups is 1. The molecule has 164 valence electrons. The Kier molecular flexibility index (Phi) is 6.97. The fourth-order valence-corrected chi connectivity index (χ4v) is 4.21. The number of aromatic nitrogens is 3. The molecule has 0 radical (unpaired) electrons. The summed E-state index contributed by atoms with van der Waals surface area (Å²) in [5, 5.41) is 14.9. The van der Waals surface area contributed by atoms with Gasteiger partial charge in [0.15, 0.2) is 11.0 Å². The summed E-state index contributed by atoms with van der Waals surface area (Å²) in [5.41, 5.74) is 1.07. The van der Waals surface area contributed by atoms with Crippen molar-refractivity contribution < 1.29 is 9.53 Å². The van der Waals surface area contributed by atoms with Gasteiger partial charge in [0.25, 0.3) is 0 Å². The van der Waals surface area contributed by atoms with Crippen LogP contribution in [0.4, 0.5) is 0 Å². The van der Waals surface area contributed by atoms with Gasteiger partial charge < -0.3 is 14.6 Å². The Bertz CT molecular complexity index is 1240. The first-order valence-corrected chi connectivity index (χ1v) is 11.5. The van der Waals surface area contributed by atoms with Gasteiger partial charge in [0.1, 0.15) is 12.4 Å². The molecule has 4 aromatic rings. The van der Waals surface area contributed by atoms with Crippen molar-refractivity contribution in [1.82, 2.24) is 20.1 Å². The van der Waals surface area contributed by atoms with E-state index in [0.29, 0.717) is 21.8 Å². The van der Waals surface area contributed by atoms with Crippen LogP contribution in [0.15, 0.2) is 71.9 Å². The first-order valence-electron chi connectivity index (χ1n) is 10.2. The lowest BCUT2D eigenvalue weighted by Crippen LogP contribution is -2.28. The molecule has 3 aromatic carbocycles. The van der Waals surface area contributed by atoms with Gasteiger partial charge in [-0.3, -0.25) is 4.79 Å². The smallest absolute Gasteiger partial charge is 0.230 e. The Morgan fingerprint density at radius 1 is 1.09 bits per heavy atom. The van der Waals surface area contributed by atoms with Gasteiger partial charge in [-0.1, -0.05) is 71.9 Å². The van der Waals surface area contributed by atoms with Gasteiger partial charge in [-0.15, -0.1) is 10.2 Å². The lowest BCUT2D eigenvalue weighted by molar-refractivity contribution is -0.119. The van der Waals surface area contributed by atoms with Crippen LogP contribution in [0, 0.1) is 0 Å². The molecule has 1 atom stereocenters. The van der Waals surface area contributed by atoms with E-state index in [1.807, 2.05) is 48.9 Å². The first kappa shape index (κ1) is 22.2. The third-order valence-electron chi connectivity index (χ3n) is 5.10. The number of hydrogen-bond acceptors (Lipinski definition) is 5. The molecule has 1 heterocycles. The van der Waals surface area contributed by atoms with Crippen LogP contribution in [0.25, 0.3) is 10.8 Å². The van der Waals surface area contributed by atoms with Crippen molar-refractivity contribution in [3.63, 3.8) is 0 Å². The van der Waals surface area contributed by atoms with Crippen LogP contribution in [-0.2, 0) is 18.4 Å². The van der Waals surface area contributed by atoms with Crippen molar-refractivity contribution in [2.24, 2.45) is 7.05 Å². The predicted molar refractivity (Wildman–Crippen MR) is 128 cm³/mol. The van der Waals surface area contributed by atoms with E-state index in [0.717, 1.165) is 10.9 Å². The zero-order chi connectivity index (χ0) is 22.5. The molecule has 1 amide bonds. The SMILES string of the molecule is C[C@@H](NC(=O)CSc1nnc(COc2ccccc2Cl)n1C)c1ccc2ccccc2c1. The second-order valence-corrected chi connectivity index (χ2v) is 8.71. The summed E-state index contributed by atoms with van der Waals surface area (Å²) in [6, 6.07) is 21.6. The molecule has 0 aliphatic heterocycles. The molecule has 0 unspecified atom stereocenters. The minimum atomic E-state index is -0.0909. The number of nitrogens with one attached hydrogen (secondary N) is 1. The summed E-state index contributed by atoms with van der Waals surface area (Å²) in [5.74, 6) is 1.42. The number of carbonyl (C=O) groups excluding carboxylic acids is 1. The topological polar surface area (TPSA) is 69.0 Å². The minimum absolute atomic E-state index is 0.0625. The maximum atomic E-state index is 12.5. The van der Waals surface area contributed by atoms with E-state index in [1.165, 1.54) is 17.1 Å². The zero-order valence-electron chi connectivity index (χ0n) is 17.8. The van der Waals surface area contributed by atoms with Crippen molar-refractivity contribution in [1.29, 1.82) is 0 Å². The van der Waals surface area contributed by atoms with Crippen molar-refractivity contribution in [2.75, 3.05) is 5.75 Å². The average molecular weight is 467 g/mol. The number of ether oxygens (including phenoxy) is 1. The zero-order valence-corrected chi connectivity index (χ0v) is 19.4. The number of nitrogens with zero attached hydrogens (tertiary/aromatic N) is 3. The summed E-state index contributed by atoms with van der Waals surface area (Å²) in [7, 11) is 1.85. The Morgan fingerprint density at radius 2 is 1.84 bits per heavy atom. The molecule has 4 rings (SSSR count). The normalized spacial score (nSPS) is 12.0. The second kappa shape index (κ2) is 10.1. The van der Waals surface area contributed by atoms with Crippen LogP contribution >= 0.6 is 23.4 Å². The van der Waals surface area contributed by atoms with Crippen LogP contribution in [0.1, 0.15) is 24.4 Å². The van der Waals surface area contributed by atoms with Crippen LogP contribution in [0.3, 0.4) is 0 Å². The highest BCUT2D eigenvalue weighted by Gasteiger charge is 2.15. The lowest BCUT2D eigenvalue weighted by atomic mass is 10.0. The number of amides is 1. The van der Waals surface area contributed by atoms with Crippen molar-refractivity contribution in [3.8, 4) is 5.75 Å². The Labute approximate surface area is 195 Å². The van der Waals surface area contributed by atoms with Gasteiger partial charge in [-0.2, -0.15) is 0 Å². The molecule has 0 saturated carbocycles. The fraction of sp³-hybridized carbons (Fsp3) is 0.208. The molecule has 0 aliphatic rings. The number of carbonyl (C=O) groups is 1. The van der Waals surface area contributed by atoms with Crippen LogP contribution in [0.5, 0.6) is 5.75 Å². The third-order valence-corrected chi connectivity index (χ3v) is 6.43. The second-order valence-electron chi connectivity index (χ2n) is 7.36. The number of rotatable bonds is 8. The molecule has 0 bridgehead atoms. The molecular weight excluding hydrogens is 444 g/mol. The van der Waals surface area contributed by atoms with Gasteiger partial charge in [-0.25, -0.2) is 0 Å². The van der Waals surface area contributed by atoms with Gasteiger partial charge >= 0.3 is 0 Å². The van der Waals surface area contributed by atoms with Gasteiger partial charge in [0.2, 0.25) is 5.91 Å².